The summed E-state index contributed by atoms with van der Waals surface area (Å²) < 4.78 is 54.9. The predicted molar refractivity (Wildman–Crippen MR) is 54.2 cm³/mol. The summed E-state index contributed by atoms with van der Waals surface area (Å²) in [4.78, 5) is 11.3. The summed E-state index contributed by atoms with van der Waals surface area (Å²) in [5.41, 5.74) is -5.99. The molecule has 3 aliphatic carbocycles. The van der Waals surface area contributed by atoms with Crippen molar-refractivity contribution >= 4 is 5.78 Å². The molecule has 2 atom stereocenters. The molecule has 17 heavy (non-hydrogen) atoms. The first-order valence-corrected chi connectivity index (χ1v) is 5.56. The second-order valence-corrected chi connectivity index (χ2v) is 4.51. The Morgan fingerprint density at radius 3 is 2.53 bits per heavy atom. The summed E-state index contributed by atoms with van der Waals surface area (Å²) >= 11 is 0. The number of rotatable bonds is 3. The number of carbonyl (C=O) groups excluding carboxylic acids is 1. The van der Waals surface area contributed by atoms with E-state index in [1.807, 2.05) is 6.92 Å². The minimum atomic E-state index is -3.08. The molecule has 2 bridgehead atoms. The van der Waals surface area contributed by atoms with E-state index in [0.717, 1.165) is 0 Å². The zero-order chi connectivity index (χ0) is 12.8. The van der Waals surface area contributed by atoms with Crippen LogP contribution in [0.1, 0.15) is 32.6 Å². The van der Waals surface area contributed by atoms with Gasteiger partial charge in [0.1, 0.15) is 0 Å². The highest BCUT2D eigenvalue weighted by Gasteiger charge is 2.62. The van der Waals surface area contributed by atoms with E-state index in [1.165, 1.54) is 0 Å². The molecule has 0 saturated heterocycles. The zero-order valence-corrected chi connectivity index (χ0v) is 9.33. The molecule has 0 saturated carbocycles. The molecular weight excluding hydrogens is 236 g/mol. The lowest BCUT2D eigenvalue weighted by atomic mass is 9.69. The number of hydrogen-bond donors (Lipinski definition) is 0. The highest BCUT2D eigenvalue weighted by Crippen LogP contribution is 2.53. The zero-order valence-electron chi connectivity index (χ0n) is 9.33. The van der Waals surface area contributed by atoms with Gasteiger partial charge in [0, 0.05) is 0 Å². The lowest BCUT2D eigenvalue weighted by molar-refractivity contribution is -0.132. The van der Waals surface area contributed by atoms with Crippen molar-refractivity contribution < 1.29 is 22.4 Å². The molecule has 0 aromatic heterocycles. The van der Waals surface area contributed by atoms with Crippen LogP contribution in [0.3, 0.4) is 0 Å². The van der Waals surface area contributed by atoms with E-state index in [-0.39, 0.29) is 12.0 Å². The molecule has 0 aliphatic heterocycles. The molecule has 94 valence electrons. The molecule has 0 unspecified atom stereocenters. The van der Waals surface area contributed by atoms with Crippen LogP contribution in [-0.4, -0.2) is 17.1 Å². The van der Waals surface area contributed by atoms with Crippen molar-refractivity contribution in [3.05, 3.63) is 23.3 Å². The number of halogens is 4. The standard InChI is InChI=1S/C12H12F4O/c1-2-3-4-7-5-12(16)8(17)6-11(7,15)9(13)10(12)14/h5H,2-4,6H2,1H3/t11-,12+/m0/s1. The number of fused-ring (bicyclic) bond motifs is 1. The monoisotopic (exact) mass is 248 g/mol. The van der Waals surface area contributed by atoms with Gasteiger partial charge in [0.15, 0.2) is 23.1 Å². The van der Waals surface area contributed by atoms with Crippen LogP contribution in [0.4, 0.5) is 17.6 Å². The van der Waals surface area contributed by atoms with E-state index in [4.69, 9.17) is 0 Å². The molecule has 0 N–H and O–H groups in total. The van der Waals surface area contributed by atoms with Crippen molar-refractivity contribution in [3.63, 3.8) is 0 Å². The van der Waals surface area contributed by atoms with Gasteiger partial charge in [0.05, 0.1) is 6.42 Å². The molecule has 3 rings (SSSR count). The van der Waals surface area contributed by atoms with Gasteiger partial charge >= 0.3 is 0 Å². The first kappa shape index (κ1) is 12.3. The maximum absolute atomic E-state index is 14.3. The quantitative estimate of drug-likeness (QED) is 0.550. The van der Waals surface area contributed by atoms with Crippen LogP contribution in [0.15, 0.2) is 23.3 Å². The fourth-order valence-corrected chi connectivity index (χ4v) is 2.27. The lowest BCUT2D eigenvalue weighted by Gasteiger charge is -2.40. The SMILES string of the molecule is CCCCC1=C[C@@]2(F)C(=O)C[C@@]1(F)C(F)=C2F. The van der Waals surface area contributed by atoms with Crippen molar-refractivity contribution in [1.29, 1.82) is 0 Å². The summed E-state index contributed by atoms with van der Waals surface area (Å²) in [6, 6.07) is 0. The Kier molecular flexibility index (Phi) is 2.67. The Morgan fingerprint density at radius 2 is 1.94 bits per heavy atom. The van der Waals surface area contributed by atoms with E-state index >= 15 is 0 Å². The minimum absolute atomic E-state index is 0.132. The molecule has 0 spiro atoms. The van der Waals surface area contributed by atoms with E-state index in [1.54, 1.807) is 0 Å². The van der Waals surface area contributed by atoms with Crippen LogP contribution in [0, 0.1) is 0 Å². The fourth-order valence-electron chi connectivity index (χ4n) is 2.27. The van der Waals surface area contributed by atoms with Crippen molar-refractivity contribution in [2.75, 3.05) is 0 Å². The van der Waals surface area contributed by atoms with Gasteiger partial charge in [-0.1, -0.05) is 13.3 Å². The predicted octanol–water partition coefficient (Wildman–Crippen LogP) is 3.66. The molecule has 0 amide bonds. The Morgan fingerprint density at radius 1 is 1.29 bits per heavy atom. The molecule has 3 aliphatic rings. The van der Waals surface area contributed by atoms with Crippen LogP contribution < -0.4 is 0 Å². The number of alkyl halides is 2. The average Bonchev–Trinajstić information content (AvgIpc) is 2.28. The number of allylic oxidation sites excluding steroid dienone is 4. The number of Topliss-reactive ketones (excluding diaryl/α,β-unsaturated/α-hetero) is 1. The molecule has 1 nitrogen and oxygen atoms in total. The van der Waals surface area contributed by atoms with Crippen LogP contribution >= 0.6 is 0 Å². The second kappa shape index (κ2) is 3.68. The highest BCUT2D eigenvalue weighted by atomic mass is 19.2. The van der Waals surface area contributed by atoms with Gasteiger partial charge in [-0.15, -0.1) is 0 Å². The lowest BCUT2D eigenvalue weighted by Crippen LogP contribution is -2.51. The second-order valence-electron chi connectivity index (χ2n) is 4.51. The third-order valence-electron chi connectivity index (χ3n) is 3.35. The number of unbranched alkanes of at least 4 members (excludes halogenated alkanes) is 1. The van der Waals surface area contributed by atoms with Crippen molar-refractivity contribution in [3.8, 4) is 0 Å². The molecule has 0 heterocycles. The molecule has 0 fully saturated rings. The smallest absolute Gasteiger partial charge is 0.240 e. The van der Waals surface area contributed by atoms with Gasteiger partial charge < -0.3 is 0 Å². The van der Waals surface area contributed by atoms with Crippen LogP contribution in [0.5, 0.6) is 0 Å². The van der Waals surface area contributed by atoms with E-state index in [0.29, 0.717) is 18.9 Å². The van der Waals surface area contributed by atoms with E-state index in [2.05, 4.69) is 0 Å². The normalized spacial score (nSPS) is 36.5. The van der Waals surface area contributed by atoms with E-state index in [9.17, 15) is 22.4 Å². The third kappa shape index (κ3) is 1.47. The van der Waals surface area contributed by atoms with Crippen LogP contribution in [0.25, 0.3) is 0 Å². The molecule has 0 aromatic carbocycles. The first-order valence-electron chi connectivity index (χ1n) is 5.56. The van der Waals surface area contributed by atoms with Crippen molar-refractivity contribution in [1.82, 2.24) is 0 Å². The maximum atomic E-state index is 14.3. The van der Waals surface area contributed by atoms with E-state index < -0.39 is 35.2 Å². The molecular formula is C12H12F4O. The number of hydrogen-bond acceptors (Lipinski definition) is 1. The maximum Gasteiger partial charge on any atom is 0.240 e. The fraction of sp³-hybridized carbons (Fsp3) is 0.583. The Bertz CT molecular complexity index is 440. The largest absolute Gasteiger partial charge is 0.295 e. The Balaban J connectivity index is 2.48. The topological polar surface area (TPSA) is 17.1 Å². The van der Waals surface area contributed by atoms with Gasteiger partial charge in [-0.2, -0.15) is 0 Å². The molecule has 0 aromatic rings. The van der Waals surface area contributed by atoms with Gasteiger partial charge in [-0.05, 0) is 24.5 Å². The van der Waals surface area contributed by atoms with Gasteiger partial charge in [0.2, 0.25) is 5.67 Å². The summed E-state index contributed by atoms with van der Waals surface area (Å²) in [7, 11) is 0. The van der Waals surface area contributed by atoms with Crippen LogP contribution in [0.2, 0.25) is 0 Å². The van der Waals surface area contributed by atoms with Crippen molar-refractivity contribution in [2.45, 2.75) is 43.9 Å². The van der Waals surface area contributed by atoms with Gasteiger partial charge in [-0.25, -0.2) is 17.6 Å². The van der Waals surface area contributed by atoms with Gasteiger partial charge in [0.25, 0.3) is 0 Å². The summed E-state index contributed by atoms with van der Waals surface area (Å²) in [5.74, 6) is -4.94. The first-order chi connectivity index (χ1) is 7.86. The van der Waals surface area contributed by atoms with Gasteiger partial charge in [-0.3, -0.25) is 4.79 Å². The molecule has 5 heteroatoms. The van der Waals surface area contributed by atoms with Crippen LogP contribution in [-0.2, 0) is 4.79 Å². The number of ketones is 1. The minimum Gasteiger partial charge on any atom is -0.295 e. The number of carbonyl (C=O) groups is 1. The third-order valence-corrected chi connectivity index (χ3v) is 3.35. The average molecular weight is 248 g/mol. The molecule has 0 radical (unpaired) electrons. The van der Waals surface area contributed by atoms with Crippen molar-refractivity contribution in [2.24, 2.45) is 0 Å². The Hall–Kier alpha value is -1.13. The highest BCUT2D eigenvalue weighted by molar-refractivity contribution is 5.97. The summed E-state index contributed by atoms with van der Waals surface area (Å²) in [6.45, 7) is 1.84. The summed E-state index contributed by atoms with van der Waals surface area (Å²) in [5, 5.41) is 0. The Labute approximate surface area is 96.2 Å². The summed E-state index contributed by atoms with van der Waals surface area (Å²) in [6.07, 6.45) is 1.06.